The fourth-order valence-corrected chi connectivity index (χ4v) is 2.42. The molecule has 0 aliphatic heterocycles. The number of benzene rings is 1. The summed E-state index contributed by atoms with van der Waals surface area (Å²) in [6.45, 7) is 6.45. The molecule has 0 bridgehead atoms. The lowest BCUT2D eigenvalue weighted by Crippen LogP contribution is -1.98. The van der Waals surface area contributed by atoms with Crippen LogP contribution in [0.4, 0.5) is 0 Å². The normalized spacial score (nSPS) is 22.4. The average Bonchev–Trinajstić information content (AvgIpc) is 3.07. The molecule has 0 amide bonds. The first kappa shape index (κ1) is 12.0. The van der Waals surface area contributed by atoms with Gasteiger partial charge in [0.1, 0.15) is 5.75 Å². The van der Waals surface area contributed by atoms with E-state index in [1.165, 1.54) is 16.7 Å². The van der Waals surface area contributed by atoms with Crippen molar-refractivity contribution >= 4 is 0 Å². The second-order valence-electron chi connectivity index (χ2n) is 5.18. The van der Waals surface area contributed by atoms with E-state index in [1.807, 2.05) is 0 Å². The van der Waals surface area contributed by atoms with Gasteiger partial charge in [-0.1, -0.05) is 19.9 Å². The van der Waals surface area contributed by atoms with Crippen LogP contribution in [0.1, 0.15) is 48.8 Å². The topological polar surface area (TPSA) is 33.0 Å². The fraction of sp³-hybridized carbons (Fsp3) is 0.533. The van der Waals surface area contributed by atoms with Gasteiger partial charge in [-0.25, -0.2) is 0 Å². The number of rotatable bonds is 3. The molecule has 1 aliphatic rings. The minimum absolute atomic E-state index is 0.224. The van der Waals surface area contributed by atoms with Crippen LogP contribution >= 0.6 is 0 Å². The third-order valence-corrected chi connectivity index (χ3v) is 3.60. The summed E-state index contributed by atoms with van der Waals surface area (Å²) in [5.41, 5.74) is 3.83. The summed E-state index contributed by atoms with van der Waals surface area (Å²) in [6.07, 6.45) is 1.02. The number of hydrogen-bond donors (Lipinski definition) is 0. The van der Waals surface area contributed by atoms with E-state index in [0.717, 1.165) is 12.2 Å². The molecule has 1 saturated carbocycles. The number of nitriles is 1. The van der Waals surface area contributed by atoms with Gasteiger partial charge in [0.05, 0.1) is 19.1 Å². The van der Waals surface area contributed by atoms with E-state index in [9.17, 15) is 0 Å². The minimum Gasteiger partial charge on any atom is -0.496 e. The second kappa shape index (κ2) is 4.41. The molecule has 0 saturated heterocycles. The maximum absolute atomic E-state index is 8.93. The van der Waals surface area contributed by atoms with Gasteiger partial charge in [-0.05, 0) is 42.0 Å². The lowest BCUT2D eigenvalue weighted by Gasteiger charge is -2.16. The molecule has 0 N–H and O–H groups in total. The van der Waals surface area contributed by atoms with Gasteiger partial charge in [-0.3, -0.25) is 0 Å². The Kier molecular flexibility index (Phi) is 3.11. The highest BCUT2D eigenvalue weighted by Crippen LogP contribution is 2.49. The summed E-state index contributed by atoms with van der Waals surface area (Å²) in [4.78, 5) is 0. The molecule has 90 valence electrons. The first-order valence-electron chi connectivity index (χ1n) is 6.16. The summed E-state index contributed by atoms with van der Waals surface area (Å²) < 4.78 is 5.43. The van der Waals surface area contributed by atoms with Gasteiger partial charge in [-0.2, -0.15) is 5.26 Å². The van der Waals surface area contributed by atoms with Crippen molar-refractivity contribution < 1.29 is 4.74 Å². The van der Waals surface area contributed by atoms with Crippen molar-refractivity contribution in [3.05, 3.63) is 28.8 Å². The van der Waals surface area contributed by atoms with Gasteiger partial charge in [0, 0.05) is 5.92 Å². The van der Waals surface area contributed by atoms with Crippen molar-refractivity contribution in [2.24, 2.45) is 5.92 Å². The minimum atomic E-state index is 0.224. The predicted octanol–water partition coefficient (Wildman–Crippen LogP) is 3.75. The zero-order valence-corrected chi connectivity index (χ0v) is 10.9. The number of nitrogens with zero attached hydrogens (tertiary/aromatic N) is 1. The van der Waals surface area contributed by atoms with Crippen LogP contribution in [0, 0.1) is 24.2 Å². The van der Waals surface area contributed by atoms with E-state index in [1.54, 1.807) is 7.11 Å². The van der Waals surface area contributed by atoms with Gasteiger partial charge in [-0.15, -0.1) is 0 Å². The molecule has 2 atom stereocenters. The van der Waals surface area contributed by atoms with Crippen molar-refractivity contribution in [2.45, 2.75) is 39.0 Å². The number of aryl methyl sites for hydroxylation is 1. The van der Waals surface area contributed by atoms with E-state index < -0.39 is 0 Å². The van der Waals surface area contributed by atoms with Crippen LogP contribution in [0.25, 0.3) is 0 Å². The molecule has 0 spiro atoms. The molecular weight excluding hydrogens is 210 g/mol. The van der Waals surface area contributed by atoms with Gasteiger partial charge >= 0.3 is 0 Å². The quantitative estimate of drug-likeness (QED) is 0.790. The molecule has 1 aromatic carbocycles. The monoisotopic (exact) mass is 229 g/mol. The third kappa shape index (κ3) is 2.15. The molecule has 0 aromatic heterocycles. The second-order valence-corrected chi connectivity index (χ2v) is 5.18. The van der Waals surface area contributed by atoms with Gasteiger partial charge in [0.25, 0.3) is 0 Å². The van der Waals surface area contributed by atoms with Crippen LogP contribution in [0.15, 0.2) is 12.1 Å². The highest BCUT2D eigenvalue weighted by atomic mass is 16.5. The molecule has 1 fully saturated rings. The first-order valence-corrected chi connectivity index (χ1v) is 6.16. The van der Waals surface area contributed by atoms with Crippen LogP contribution in [-0.2, 0) is 0 Å². The Morgan fingerprint density at radius 1 is 1.41 bits per heavy atom. The summed E-state index contributed by atoms with van der Waals surface area (Å²) in [7, 11) is 1.72. The lowest BCUT2D eigenvalue weighted by molar-refractivity contribution is 0.407. The maximum atomic E-state index is 8.93. The Labute approximate surface area is 103 Å². The summed E-state index contributed by atoms with van der Waals surface area (Å²) in [5.74, 6) is 2.09. The van der Waals surface area contributed by atoms with Crippen molar-refractivity contribution in [1.82, 2.24) is 0 Å². The molecular formula is C15H19NO. The van der Waals surface area contributed by atoms with Crippen LogP contribution in [0.5, 0.6) is 5.75 Å². The molecule has 17 heavy (non-hydrogen) atoms. The molecule has 0 heterocycles. The SMILES string of the molecule is COc1cc(C)c(C2CC2C#N)cc1C(C)C. The first-order chi connectivity index (χ1) is 8.08. The zero-order chi connectivity index (χ0) is 12.6. The molecule has 2 unspecified atom stereocenters. The van der Waals surface area contributed by atoms with Crippen molar-refractivity contribution in [1.29, 1.82) is 5.26 Å². The molecule has 2 heteroatoms. The van der Waals surface area contributed by atoms with E-state index in [2.05, 4.69) is 39.0 Å². The highest BCUT2D eigenvalue weighted by molar-refractivity contribution is 5.47. The van der Waals surface area contributed by atoms with Crippen molar-refractivity contribution in [3.8, 4) is 11.8 Å². The number of methoxy groups -OCH3 is 1. The summed E-state index contributed by atoms with van der Waals surface area (Å²) in [5, 5.41) is 8.93. The van der Waals surface area contributed by atoms with E-state index in [4.69, 9.17) is 10.00 Å². The standard InChI is InChI=1S/C15H19NO/c1-9(2)12-7-13(14-6-11(14)8-16)10(3)5-15(12)17-4/h5,7,9,11,14H,6H2,1-4H3. The van der Waals surface area contributed by atoms with Crippen LogP contribution in [0.3, 0.4) is 0 Å². The van der Waals surface area contributed by atoms with Gasteiger partial charge in [0.2, 0.25) is 0 Å². The van der Waals surface area contributed by atoms with Crippen LogP contribution in [0.2, 0.25) is 0 Å². The predicted molar refractivity (Wildman–Crippen MR) is 68.3 cm³/mol. The molecule has 0 radical (unpaired) electrons. The van der Waals surface area contributed by atoms with E-state index in [-0.39, 0.29) is 5.92 Å². The summed E-state index contributed by atoms with van der Waals surface area (Å²) >= 11 is 0. The molecule has 2 nitrogen and oxygen atoms in total. The van der Waals surface area contributed by atoms with Gasteiger partial charge in [0.15, 0.2) is 0 Å². The Hall–Kier alpha value is -1.49. The lowest BCUT2D eigenvalue weighted by atomic mass is 9.94. The Morgan fingerprint density at radius 3 is 2.59 bits per heavy atom. The van der Waals surface area contributed by atoms with Crippen LogP contribution in [-0.4, -0.2) is 7.11 Å². The highest BCUT2D eigenvalue weighted by Gasteiger charge is 2.39. The largest absolute Gasteiger partial charge is 0.496 e. The Balaban J connectivity index is 2.41. The molecule has 2 rings (SSSR count). The van der Waals surface area contributed by atoms with Crippen LogP contribution < -0.4 is 4.74 Å². The van der Waals surface area contributed by atoms with Gasteiger partial charge < -0.3 is 4.74 Å². The Bertz CT molecular complexity index is 471. The molecule has 1 aliphatic carbocycles. The third-order valence-electron chi connectivity index (χ3n) is 3.60. The smallest absolute Gasteiger partial charge is 0.122 e. The fourth-order valence-electron chi connectivity index (χ4n) is 2.42. The zero-order valence-electron chi connectivity index (χ0n) is 10.9. The van der Waals surface area contributed by atoms with Crippen molar-refractivity contribution in [2.75, 3.05) is 7.11 Å². The maximum Gasteiger partial charge on any atom is 0.122 e. The molecule has 1 aromatic rings. The average molecular weight is 229 g/mol. The summed E-state index contributed by atoms with van der Waals surface area (Å²) in [6, 6.07) is 6.71. The van der Waals surface area contributed by atoms with E-state index >= 15 is 0 Å². The number of ether oxygens (including phenoxy) is 1. The van der Waals surface area contributed by atoms with Crippen molar-refractivity contribution in [3.63, 3.8) is 0 Å². The Morgan fingerprint density at radius 2 is 2.12 bits per heavy atom. The number of hydrogen-bond acceptors (Lipinski definition) is 2. The van der Waals surface area contributed by atoms with E-state index in [0.29, 0.717) is 11.8 Å².